The van der Waals surface area contributed by atoms with Crippen LogP contribution in [-0.4, -0.2) is 24.9 Å². The van der Waals surface area contributed by atoms with E-state index in [2.05, 4.69) is 76.7 Å². The highest BCUT2D eigenvalue weighted by Gasteiger charge is 2.14. The van der Waals surface area contributed by atoms with Crippen LogP contribution in [0.2, 0.25) is 0 Å². The smallest absolute Gasteiger partial charge is 0.104 e. The summed E-state index contributed by atoms with van der Waals surface area (Å²) in [5.41, 5.74) is 7.50. The van der Waals surface area contributed by atoms with Crippen LogP contribution >= 0.6 is 0 Å². The molecule has 0 saturated heterocycles. The fraction of sp³-hybridized carbons (Fsp3) is 0.0645. The Morgan fingerprint density at radius 2 is 1.31 bits per heavy atom. The zero-order chi connectivity index (χ0) is 24.0. The Hall–Kier alpha value is -4.77. The van der Waals surface area contributed by atoms with Gasteiger partial charge in [-0.2, -0.15) is 0 Å². The Labute approximate surface area is 205 Å². The Morgan fingerprint density at radius 1 is 0.556 bits per heavy atom. The number of benzene rings is 5. The number of nitrogens with one attached hydrogen (secondary N) is 2. The lowest BCUT2D eigenvalue weighted by atomic mass is 9.95. The van der Waals surface area contributed by atoms with Gasteiger partial charge in [0.2, 0.25) is 0 Å². The number of aryl methyl sites for hydroxylation is 2. The van der Waals surface area contributed by atoms with E-state index in [4.69, 9.17) is 15.0 Å². The quantitative estimate of drug-likeness (QED) is 0.245. The summed E-state index contributed by atoms with van der Waals surface area (Å²) >= 11 is 0. The molecule has 0 spiro atoms. The van der Waals surface area contributed by atoms with Crippen molar-refractivity contribution < 1.29 is 0 Å². The molecule has 3 aromatic heterocycles. The molecule has 0 atom stereocenters. The van der Waals surface area contributed by atoms with Crippen molar-refractivity contribution in [3.63, 3.8) is 0 Å². The van der Waals surface area contributed by atoms with Crippen molar-refractivity contribution in [2.45, 2.75) is 13.8 Å². The van der Waals surface area contributed by atoms with Crippen LogP contribution < -0.4 is 0 Å². The van der Waals surface area contributed by atoms with Crippen molar-refractivity contribution in [3.05, 3.63) is 90.6 Å². The minimum atomic E-state index is 0.913. The van der Waals surface area contributed by atoms with Gasteiger partial charge in [-0.1, -0.05) is 42.5 Å². The van der Waals surface area contributed by atoms with Crippen LogP contribution in [0.25, 0.3) is 76.4 Å². The van der Waals surface area contributed by atoms with E-state index in [0.29, 0.717) is 0 Å². The van der Waals surface area contributed by atoms with E-state index < -0.39 is 0 Å². The Balaban J connectivity index is 1.36. The number of H-pyrrole nitrogens is 2. The number of aromatic nitrogens is 5. The molecule has 0 unspecified atom stereocenters. The van der Waals surface area contributed by atoms with Gasteiger partial charge in [0.15, 0.2) is 0 Å². The lowest BCUT2D eigenvalue weighted by Crippen LogP contribution is -1.87. The third-order valence-electron chi connectivity index (χ3n) is 7.35. The normalized spacial score (nSPS) is 12.2. The minimum Gasteiger partial charge on any atom is -0.342 e. The van der Waals surface area contributed by atoms with Gasteiger partial charge in [0.05, 0.1) is 27.6 Å². The van der Waals surface area contributed by atoms with Crippen molar-refractivity contribution in [3.8, 4) is 11.1 Å². The van der Waals surface area contributed by atoms with Crippen LogP contribution in [0, 0.1) is 13.8 Å². The van der Waals surface area contributed by atoms with Gasteiger partial charge in [-0.05, 0) is 71.5 Å². The molecule has 8 rings (SSSR count). The van der Waals surface area contributed by atoms with E-state index in [1.54, 1.807) is 0 Å². The molecule has 5 heteroatoms. The second-order valence-corrected chi connectivity index (χ2v) is 9.59. The van der Waals surface area contributed by atoms with Crippen LogP contribution in [0.15, 0.2) is 79.0 Å². The number of hydrogen-bond acceptors (Lipinski definition) is 3. The van der Waals surface area contributed by atoms with Gasteiger partial charge in [-0.15, -0.1) is 0 Å². The van der Waals surface area contributed by atoms with Crippen LogP contribution in [-0.2, 0) is 0 Å². The average molecular weight is 464 g/mol. The highest BCUT2D eigenvalue weighted by molar-refractivity contribution is 6.22. The van der Waals surface area contributed by atoms with Crippen molar-refractivity contribution in [2.75, 3.05) is 0 Å². The van der Waals surface area contributed by atoms with Crippen molar-refractivity contribution in [1.82, 2.24) is 24.9 Å². The Morgan fingerprint density at radius 3 is 2.22 bits per heavy atom. The average Bonchev–Trinajstić information content (AvgIpc) is 3.49. The number of hydrogen-bond donors (Lipinski definition) is 2. The minimum absolute atomic E-state index is 0.913. The highest BCUT2D eigenvalue weighted by Crippen LogP contribution is 2.37. The molecule has 0 aliphatic carbocycles. The molecular formula is C31H21N5. The van der Waals surface area contributed by atoms with E-state index in [-0.39, 0.29) is 0 Å². The lowest BCUT2D eigenvalue weighted by Gasteiger charge is -2.10. The Kier molecular flexibility index (Phi) is 3.74. The molecule has 0 fully saturated rings. The molecule has 2 N–H and O–H groups in total. The lowest BCUT2D eigenvalue weighted by molar-refractivity contribution is 1.17. The number of aromatic amines is 2. The SMILES string of the molecule is Cc1nc2c(ccc3c4ccc(-c5ccc6c(c5)c5ncccc5c5nc(C)[nH]c65)cc4ccc32)[nH]1. The van der Waals surface area contributed by atoms with E-state index in [1.165, 1.54) is 32.7 Å². The molecule has 0 bridgehead atoms. The first-order valence-corrected chi connectivity index (χ1v) is 12.1. The third-order valence-corrected chi connectivity index (χ3v) is 7.35. The molecule has 0 aliphatic rings. The van der Waals surface area contributed by atoms with E-state index in [9.17, 15) is 0 Å². The molecule has 0 amide bonds. The molecule has 0 radical (unpaired) electrons. The predicted octanol–water partition coefficient (Wildman–Crippen LogP) is 7.73. The van der Waals surface area contributed by atoms with E-state index in [1.807, 2.05) is 26.1 Å². The summed E-state index contributed by atoms with van der Waals surface area (Å²) in [4.78, 5) is 21.0. The number of nitrogens with zero attached hydrogens (tertiary/aromatic N) is 3. The summed E-state index contributed by atoms with van der Waals surface area (Å²) in [6, 6.07) is 26.2. The summed E-state index contributed by atoms with van der Waals surface area (Å²) in [5.74, 6) is 1.85. The number of fused-ring (bicyclic) bond motifs is 11. The second-order valence-electron chi connectivity index (χ2n) is 9.59. The summed E-state index contributed by atoms with van der Waals surface area (Å²) < 4.78 is 0. The Bertz CT molecular complexity index is 2180. The summed E-state index contributed by atoms with van der Waals surface area (Å²) in [6.07, 6.45) is 1.86. The van der Waals surface area contributed by atoms with Gasteiger partial charge >= 0.3 is 0 Å². The summed E-state index contributed by atoms with van der Waals surface area (Å²) in [7, 11) is 0. The maximum atomic E-state index is 4.75. The van der Waals surface area contributed by atoms with Gasteiger partial charge in [0, 0.05) is 27.7 Å². The van der Waals surface area contributed by atoms with Crippen molar-refractivity contribution in [1.29, 1.82) is 0 Å². The zero-order valence-corrected chi connectivity index (χ0v) is 19.8. The van der Waals surface area contributed by atoms with Gasteiger partial charge in [0.1, 0.15) is 11.6 Å². The molecule has 170 valence electrons. The van der Waals surface area contributed by atoms with Crippen LogP contribution in [0.3, 0.4) is 0 Å². The molecule has 0 saturated carbocycles. The maximum absolute atomic E-state index is 4.75. The predicted molar refractivity (Wildman–Crippen MR) is 148 cm³/mol. The molecule has 5 nitrogen and oxygen atoms in total. The molecule has 36 heavy (non-hydrogen) atoms. The van der Waals surface area contributed by atoms with E-state index >= 15 is 0 Å². The first-order chi connectivity index (χ1) is 17.6. The first-order valence-electron chi connectivity index (χ1n) is 12.1. The van der Waals surface area contributed by atoms with Crippen molar-refractivity contribution >= 4 is 65.3 Å². The highest BCUT2D eigenvalue weighted by atomic mass is 14.9. The standard InChI is InChI=1S/C31H21N5/c1-16-33-27-12-11-22-21-8-5-18(14-20(21)7-10-23(22)29(27)34-16)19-6-9-24-26(15-19)28-25(4-3-13-32-28)31-30(24)35-17(2)36-31/h3-15H,1-2H3,(H,33,34)(H,35,36). The number of imidazole rings is 2. The van der Waals surface area contributed by atoms with Crippen molar-refractivity contribution in [2.24, 2.45) is 0 Å². The van der Waals surface area contributed by atoms with Gasteiger partial charge in [-0.25, -0.2) is 9.97 Å². The van der Waals surface area contributed by atoms with Gasteiger partial charge in [0.25, 0.3) is 0 Å². The van der Waals surface area contributed by atoms with Crippen LogP contribution in [0.1, 0.15) is 11.6 Å². The van der Waals surface area contributed by atoms with Gasteiger partial charge < -0.3 is 9.97 Å². The van der Waals surface area contributed by atoms with Crippen LogP contribution in [0.4, 0.5) is 0 Å². The fourth-order valence-electron chi connectivity index (χ4n) is 5.75. The topological polar surface area (TPSA) is 70.2 Å². The number of rotatable bonds is 1. The largest absolute Gasteiger partial charge is 0.342 e. The molecular weight excluding hydrogens is 442 g/mol. The molecule has 0 aliphatic heterocycles. The summed E-state index contributed by atoms with van der Waals surface area (Å²) in [6.45, 7) is 4.00. The third kappa shape index (κ3) is 2.62. The zero-order valence-electron chi connectivity index (χ0n) is 19.8. The van der Waals surface area contributed by atoms with Crippen LogP contribution in [0.5, 0.6) is 0 Å². The van der Waals surface area contributed by atoms with E-state index in [0.717, 1.165) is 55.4 Å². The number of pyridine rings is 1. The molecule has 5 aromatic carbocycles. The first kappa shape index (κ1) is 19.5. The second kappa shape index (κ2) is 6.89. The van der Waals surface area contributed by atoms with Gasteiger partial charge in [-0.3, -0.25) is 4.98 Å². The summed E-state index contributed by atoms with van der Waals surface area (Å²) in [5, 5.41) is 8.21. The monoisotopic (exact) mass is 463 g/mol. The molecule has 3 heterocycles. The molecule has 8 aromatic rings. The maximum Gasteiger partial charge on any atom is 0.104 e. The fourth-order valence-corrected chi connectivity index (χ4v) is 5.75.